The number of nitro benzene ring substituents is 1. The lowest BCUT2D eigenvalue weighted by molar-refractivity contribution is -0.383. The molecule has 1 aromatic carbocycles. The second-order valence-corrected chi connectivity index (χ2v) is 3.68. The number of rotatable bonds is 4. The third-order valence-electron chi connectivity index (χ3n) is 2.44. The Labute approximate surface area is 104 Å². The van der Waals surface area contributed by atoms with Crippen molar-refractivity contribution in [1.29, 1.82) is 0 Å². The molecule has 0 radical (unpaired) electrons. The van der Waals surface area contributed by atoms with E-state index in [1.54, 1.807) is 18.3 Å². The molecule has 92 valence electrons. The van der Waals surface area contributed by atoms with E-state index in [1.807, 2.05) is 18.2 Å². The van der Waals surface area contributed by atoms with Crippen molar-refractivity contribution in [1.82, 2.24) is 4.98 Å². The van der Waals surface area contributed by atoms with Gasteiger partial charge in [0, 0.05) is 6.20 Å². The number of pyridine rings is 1. The maximum absolute atomic E-state index is 10.9. The van der Waals surface area contributed by atoms with Gasteiger partial charge >= 0.3 is 5.69 Å². The first-order chi connectivity index (χ1) is 8.68. The van der Waals surface area contributed by atoms with Crippen molar-refractivity contribution in [3.8, 4) is 0 Å². The third-order valence-corrected chi connectivity index (χ3v) is 2.44. The van der Waals surface area contributed by atoms with Gasteiger partial charge in [0.25, 0.3) is 0 Å². The standard InChI is InChI=1S/C12H12N4O2/c13-10-5-3-6-11(12(10)16(17)18)15-8-9-4-1-2-7-14-9/h1-7,15H,8,13H2. The zero-order valence-corrected chi connectivity index (χ0v) is 9.54. The van der Waals surface area contributed by atoms with E-state index in [0.717, 1.165) is 5.69 Å². The third kappa shape index (κ3) is 2.54. The number of hydrogen-bond acceptors (Lipinski definition) is 5. The van der Waals surface area contributed by atoms with E-state index >= 15 is 0 Å². The number of hydrogen-bond donors (Lipinski definition) is 2. The molecule has 0 amide bonds. The van der Waals surface area contributed by atoms with Crippen LogP contribution in [0.5, 0.6) is 0 Å². The Morgan fingerprint density at radius 1 is 1.28 bits per heavy atom. The highest BCUT2D eigenvalue weighted by Crippen LogP contribution is 2.30. The van der Waals surface area contributed by atoms with Crippen molar-refractivity contribution in [2.45, 2.75) is 6.54 Å². The minimum Gasteiger partial charge on any atom is -0.393 e. The summed E-state index contributed by atoms with van der Waals surface area (Å²) < 4.78 is 0. The molecule has 3 N–H and O–H groups in total. The summed E-state index contributed by atoms with van der Waals surface area (Å²) in [6.45, 7) is 0.408. The molecule has 0 aliphatic rings. The largest absolute Gasteiger partial charge is 0.393 e. The van der Waals surface area contributed by atoms with Crippen molar-refractivity contribution in [3.05, 3.63) is 58.4 Å². The van der Waals surface area contributed by atoms with Crippen molar-refractivity contribution in [2.75, 3.05) is 11.1 Å². The highest BCUT2D eigenvalue weighted by Gasteiger charge is 2.17. The van der Waals surface area contributed by atoms with Gasteiger partial charge in [0.2, 0.25) is 0 Å². The number of para-hydroxylation sites is 1. The molecule has 1 heterocycles. The number of nitrogens with zero attached hydrogens (tertiary/aromatic N) is 2. The average Bonchev–Trinajstić information content (AvgIpc) is 2.37. The maximum Gasteiger partial charge on any atom is 0.314 e. The zero-order chi connectivity index (χ0) is 13.0. The van der Waals surface area contributed by atoms with Crippen LogP contribution in [0.3, 0.4) is 0 Å². The zero-order valence-electron chi connectivity index (χ0n) is 9.54. The fourth-order valence-electron chi connectivity index (χ4n) is 1.60. The number of benzene rings is 1. The molecule has 0 aliphatic heterocycles. The topological polar surface area (TPSA) is 94.1 Å². The Bertz CT molecular complexity index is 557. The number of nitro groups is 1. The first kappa shape index (κ1) is 11.8. The fourth-order valence-corrected chi connectivity index (χ4v) is 1.60. The Balaban J connectivity index is 2.20. The number of nitrogens with one attached hydrogen (secondary N) is 1. The predicted molar refractivity (Wildman–Crippen MR) is 69.1 cm³/mol. The molecular weight excluding hydrogens is 232 g/mol. The summed E-state index contributed by atoms with van der Waals surface area (Å²) in [6, 6.07) is 10.3. The minimum atomic E-state index is -0.490. The first-order valence-corrected chi connectivity index (χ1v) is 5.35. The predicted octanol–water partition coefficient (Wildman–Crippen LogP) is 2.18. The van der Waals surface area contributed by atoms with Gasteiger partial charge in [-0.25, -0.2) is 0 Å². The molecule has 6 nitrogen and oxygen atoms in total. The molecular formula is C12H12N4O2. The van der Waals surface area contributed by atoms with Crippen LogP contribution in [0.2, 0.25) is 0 Å². The van der Waals surface area contributed by atoms with E-state index in [4.69, 9.17) is 5.73 Å². The van der Waals surface area contributed by atoms with E-state index in [0.29, 0.717) is 12.2 Å². The van der Waals surface area contributed by atoms with Crippen LogP contribution in [-0.4, -0.2) is 9.91 Å². The van der Waals surface area contributed by atoms with E-state index in [9.17, 15) is 10.1 Å². The van der Waals surface area contributed by atoms with Crippen LogP contribution < -0.4 is 11.1 Å². The molecule has 0 saturated heterocycles. The summed E-state index contributed by atoms with van der Waals surface area (Å²) in [5, 5.41) is 13.9. The van der Waals surface area contributed by atoms with Gasteiger partial charge in [-0.05, 0) is 24.3 Å². The summed E-state index contributed by atoms with van der Waals surface area (Å²) in [4.78, 5) is 14.6. The Hall–Kier alpha value is -2.63. The van der Waals surface area contributed by atoms with Gasteiger partial charge in [0.05, 0.1) is 17.2 Å². The molecule has 18 heavy (non-hydrogen) atoms. The molecule has 0 fully saturated rings. The van der Waals surface area contributed by atoms with Crippen LogP contribution in [0.25, 0.3) is 0 Å². The summed E-state index contributed by atoms with van der Waals surface area (Å²) in [7, 11) is 0. The molecule has 0 atom stereocenters. The second kappa shape index (κ2) is 5.13. The van der Waals surface area contributed by atoms with Crippen LogP contribution in [0, 0.1) is 10.1 Å². The number of aromatic nitrogens is 1. The second-order valence-electron chi connectivity index (χ2n) is 3.68. The molecule has 0 bridgehead atoms. The quantitative estimate of drug-likeness (QED) is 0.488. The monoisotopic (exact) mass is 244 g/mol. The van der Waals surface area contributed by atoms with Crippen LogP contribution in [0.15, 0.2) is 42.6 Å². The smallest absolute Gasteiger partial charge is 0.314 e. The van der Waals surface area contributed by atoms with Crippen LogP contribution >= 0.6 is 0 Å². The SMILES string of the molecule is Nc1cccc(NCc2ccccn2)c1[N+](=O)[O-]. The van der Waals surface area contributed by atoms with Gasteiger partial charge in [-0.15, -0.1) is 0 Å². The van der Waals surface area contributed by atoms with E-state index in [2.05, 4.69) is 10.3 Å². The molecule has 6 heteroatoms. The molecule has 2 rings (SSSR count). The molecule has 0 unspecified atom stereocenters. The fraction of sp³-hybridized carbons (Fsp3) is 0.0833. The van der Waals surface area contributed by atoms with Gasteiger partial charge in [0.15, 0.2) is 0 Å². The van der Waals surface area contributed by atoms with Gasteiger partial charge < -0.3 is 11.1 Å². The van der Waals surface area contributed by atoms with E-state index in [1.165, 1.54) is 6.07 Å². The van der Waals surface area contributed by atoms with Crippen LogP contribution in [0.4, 0.5) is 17.1 Å². The molecule has 0 saturated carbocycles. The number of nitrogen functional groups attached to an aromatic ring is 1. The lowest BCUT2D eigenvalue weighted by atomic mass is 10.2. The maximum atomic E-state index is 10.9. The van der Waals surface area contributed by atoms with Gasteiger partial charge in [-0.2, -0.15) is 0 Å². The summed E-state index contributed by atoms with van der Waals surface area (Å²) in [5.74, 6) is 0. The van der Waals surface area contributed by atoms with Crippen LogP contribution in [-0.2, 0) is 6.54 Å². The Morgan fingerprint density at radius 3 is 2.78 bits per heavy atom. The van der Waals surface area contributed by atoms with Gasteiger partial charge in [-0.1, -0.05) is 12.1 Å². The minimum absolute atomic E-state index is 0.103. The Kier molecular flexibility index (Phi) is 3.38. The van der Waals surface area contributed by atoms with Crippen molar-refractivity contribution < 1.29 is 4.92 Å². The molecule has 2 aromatic rings. The van der Waals surface area contributed by atoms with Crippen LogP contribution in [0.1, 0.15) is 5.69 Å². The molecule has 0 spiro atoms. The highest BCUT2D eigenvalue weighted by atomic mass is 16.6. The molecule has 1 aromatic heterocycles. The van der Waals surface area contributed by atoms with Gasteiger partial charge in [0.1, 0.15) is 11.4 Å². The normalized spacial score (nSPS) is 10.0. The summed E-state index contributed by atoms with van der Waals surface area (Å²) >= 11 is 0. The summed E-state index contributed by atoms with van der Waals surface area (Å²) in [6.07, 6.45) is 1.67. The van der Waals surface area contributed by atoms with Crippen molar-refractivity contribution in [3.63, 3.8) is 0 Å². The van der Waals surface area contributed by atoms with E-state index < -0.39 is 4.92 Å². The Morgan fingerprint density at radius 2 is 2.11 bits per heavy atom. The highest BCUT2D eigenvalue weighted by molar-refractivity contribution is 5.74. The lowest BCUT2D eigenvalue weighted by Gasteiger charge is -2.07. The van der Waals surface area contributed by atoms with Gasteiger partial charge in [-0.3, -0.25) is 15.1 Å². The van der Waals surface area contributed by atoms with E-state index in [-0.39, 0.29) is 11.4 Å². The summed E-state index contributed by atoms with van der Waals surface area (Å²) in [5.41, 5.74) is 6.83. The van der Waals surface area contributed by atoms with Crippen molar-refractivity contribution in [2.24, 2.45) is 0 Å². The average molecular weight is 244 g/mol. The van der Waals surface area contributed by atoms with Crippen molar-refractivity contribution >= 4 is 17.1 Å². The number of anilines is 2. The first-order valence-electron chi connectivity index (χ1n) is 5.35. The lowest BCUT2D eigenvalue weighted by Crippen LogP contribution is -2.05. The molecule has 0 aliphatic carbocycles. The number of nitrogens with two attached hydrogens (primary N) is 1.